The zero-order valence-corrected chi connectivity index (χ0v) is 15.7. The van der Waals surface area contributed by atoms with Crippen molar-refractivity contribution in [3.05, 3.63) is 35.4 Å². The van der Waals surface area contributed by atoms with Gasteiger partial charge in [0.25, 0.3) is 0 Å². The van der Waals surface area contributed by atoms with Crippen molar-refractivity contribution in [2.24, 2.45) is 7.05 Å². The fourth-order valence-electron chi connectivity index (χ4n) is 2.93. The van der Waals surface area contributed by atoms with E-state index in [1.54, 1.807) is 26.0 Å². The van der Waals surface area contributed by atoms with E-state index in [0.29, 0.717) is 48.4 Å². The maximum Gasteiger partial charge on any atom is 0.229 e. The summed E-state index contributed by atoms with van der Waals surface area (Å²) in [4.78, 5) is 4.54. The number of benzene rings is 1. The smallest absolute Gasteiger partial charge is 0.229 e. The predicted octanol–water partition coefficient (Wildman–Crippen LogP) is 2.44. The molecular weight excluding hydrogens is 334 g/mol. The number of ether oxygens (including phenoxy) is 2. The summed E-state index contributed by atoms with van der Waals surface area (Å²) in [6, 6.07) is 5.39. The molecule has 0 saturated carbocycles. The first-order valence-electron chi connectivity index (χ1n) is 8.75. The molecule has 0 amide bonds. The second-order valence-corrected chi connectivity index (χ2v) is 6.97. The molecule has 1 N–H and O–H groups in total. The van der Waals surface area contributed by atoms with E-state index in [9.17, 15) is 10.3 Å². The zero-order valence-electron chi connectivity index (χ0n) is 15.7. The predicted molar refractivity (Wildman–Crippen MR) is 98.9 cm³/mol. The summed E-state index contributed by atoms with van der Waals surface area (Å²) in [6.07, 6.45) is 1.96. The fourth-order valence-corrected chi connectivity index (χ4v) is 2.93. The molecule has 0 radical (unpaired) electrons. The summed E-state index contributed by atoms with van der Waals surface area (Å²) >= 11 is 0. The van der Waals surface area contributed by atoms with Gasteiger partial charge in [-0.2, -0.15) is 4.73 Å². The molecule has 3 rings (SSSR count). The molecule has 0 atom stereocenters. The van der Waals surface area contributed by atoms with Crippen LogP contribution in [-0.4, -0.2) is 33.5 Å². The van der Waals surface area contributed by atoms with Crippen LogP contribution in [0.5, 0.6) is 5.75 Å². The first kappa shape index (κ1) is 18.4. The minimum absolute atomic E-state index is 0.349. The van der Waals surface area contributed by atoms with Crippen LogP contribution in [0.15, 0.2) is 24.4 Å². The van der Waals surface area contributed by atoms with Gasteiger partial charge in [0, 0.05) is 26.1 Å². The van der Waals surface area contributed by atoms with Gasteiger partial charge < -0.3 is 24.4 Å². The Kier molecular flexibility index (Phi) is 5.02. The third-order valence-corrected chi connectivity index (χ3v) is 4.34. The van der Waals surface area contributed by atoms with Crippen LogP contribution in [0.25, 0.3) is 21.9 Å². The lowest BCUT2D eigenvalue weighted by Crippen LogP contribution is -2.26. The van der Waals surface area contributed by atoms with Gasteiger partial charge in [-0.1, -0.05) is 6.07 Å². The summed E-state index contributed by atoms with van der Waals surface area (Å²) in [5.41, 5.74) is 1.14. The number of aliphatic hydroxyl groups is 1. The zero-order chi connectivity index (χ0) is 18.9. The van der Waals surface area contributed by atoms with Gasteiger partial charge in [0.2, 0.25) is 11.7 Å². The SMILES string of the molecule is CCOCc1nc2c[n+]([O-])c3cccc(OCCC(C)(C)O)c3c2n1C. The molecule has 26 heavy (non-hydrogen) atoms. The van der Waals surface area contributed by atoms with E-state index in [4.69, 9.17) is 9.47 Å². The van der Waals surface area contributed by atoms with Gasteiger partial charge in [-0.15, -0.1) is 0 Å². The van der Waals surface area contributed by atoms with Crippen molar-refractivity contribution < 1.29 is 19.3 Å². The second-order valence-electron chi connectivity index (χ2n) is 6.97. The lowest BCUT2D eigenvalue weighted by atomic mass is 10.1. The first-order valence-corrected chi connectivity index (χ1v) is 8.75. The van der Waals surface area contributed by atoms with Crippen molar-refractivity contribution in [3.63, 3.8) is 0 Å². The quantitative estimate of drug-likeness (QED) is 0.517. The molecule has 1 aromatic carbocycles. The second kappa shape index (κ2) is 7.09. The third kappa shape index (κ3) is 3.59. The normalized spacial score (nSPS) is 12.2. The Morgan fingerprint density at radius 3 is 2.81 bits per heavy atom. The van der Waals surface area contributed by atoms with E-state index in [1.807, 2.05) is 24.6 Å². The fraction of sp³-hybridized carbons (Fsp3) is 0.474. The average molecular weight is 359 g/mol. The van der Waals surface area contributed by atoms with Crippen molar-refractivity contribution in [1.29, 1.82) is 0 Å². The van der Waals surface area contributed by atoms with Gasteiger partial charge in [-0.05, 0) is 26.8 Å². The molecule has 2 aromatic heterocycles. The summed E-state index contributed by atoms with van der Waals surface area (Å²) in [7, 11) is 1.91. The molecule has 7 heteroatoms. The summed E-state index contributed by atoms with van der Waals surface area (Å²) in [6.45, 7) is 6.73. The largest absolute Gasteiger partial charge is 0.618 e. The van der Waals surface area contributed by atoms with E-state index in [0.717, 1.165) is 16.1 Å². The molecule has 0 aliphatic rings. The number of hydrogen-bond donors (Lipinski definition) is 1. The maximum absolute atomic E-state index is 12.5. The molecule has 0 spiro atoms. The van der Waals surface area contributed by atoms with Crippen LogP contribution in [0.1, 0.15) is 33.0 Å². The average Bonchev–Trinajstić information content (AvgIpc) is 2.88. The third-order valence-electron chi connectivity index (χ3n) is 4.34. The highest BCUT2D eigenvalue weighted by Gasteiger charge is 2.21. The molecule has 0 aliphatic heterocycles. The molecule has 140 valence electrons. The Bertz CT molecular complexity index is 928. The van der Waals surface area contributed by atoms with Crippen molar-refractivity contribution >= 4 is 21.9 Å². The molecule has 0 aliphatic carbocycles. The molecule has 0 bridgehead atoms. The Morgan fingerprint density at radius 2 is 2.12 bits per heavy atom. The lowest BCUT2D eigenvalue weighted by Gasteiger charge is -2.17. The first-order chi connectivity index (χ1) is 12.3. The van der Waals surface area contributed by atoms with E-state index in [2.05, 4.69) is 4.98 Å². The summed E-state index contributed by atoms with van der Waals surface area (Å²) < 4.78 is 14.2. The van der Waals surface area contributed by atoms with Crippen LogP contribution >= 0.6 is 0 Å². The van der Waals surface area contributed by atoms with Gasteiger partial charge in [0.15, 0.2) is 5.52 Å². The van der Waals surface area contributed by atoms with Crippen molar-refractivity contribution in [3.8, 4) is 5.75 Å². The van der Waals surface area contributed by atoms with Gasteiger partial charge in [0.05, 0.1) is 17.7 Å². The minimum Gasteiger partial charge on any atom is -0.618 e. The van der Waals surface area contributed by atoms with Gasteiger partial charge >= 0.3 is 0 Å². The van der Waals surface area contributed by atoms with Crippen LogP contribution in [0.4, 0.5) is 0 Å². The van der Waals surface area contributed by atoms with E-state index < -0.39 is 5.60 Å². The molecule has 0 saturated heterocycles. The van der Waals surface area contributed by atoms with Crippen LogP contribution < -0.4 is 9.47 Å². The summed E-state index contributed by atoms with van der Waals surface area (Å²) in [5, 5.41) is 23.1. The number of fused-ring (bicyclic) bond motifs is 3. The topological polar surface area (TPSA) is 83.5 Å². The van der Waals surface area contributed by atoms with Gasteiger partial charge in [0.1, 0.15) is 23.6 Å². The number of aromatic nitrogens is 3. The molecule has 0 unspecified atom stereocenters. The molecule has 7 nitrogen and oxygen atoms in total. The number of hydrogen-bond acceptors (Lipinski definition) is 5. The van der Waals surface area contributed by atoms with Gasteiger partial charge in [-0.3, -0.25) is 0 Å². The van der Waals surface area contributed by atoms with Gasteiger partial charge in [-0.25, -0.2) is 4.98 Å². The van der Waals surface area contributed by atoms with Crippen LogP contribution in [-0.2, 0) is 18.4 Å². The highest BCUT2D eigenvalue weighted by Crippen LogP contribution is 2.31. The number of pyridine rings is 1. The van der Waals surface area contributed by atoms with Crippen LogP contribution in [0, 0.1) is 5.21 Å². The van der Waals surface area contributed by atoms with E-state index in [-0.39, 0.29) is 0 Å². The van der Waals surface area contributed by atoms with Crippen LogP contribution in [0.2, 0.25) is 0 Å². The highest BCUT2D eigenvalue weighted by molar-refractivity contribution is 6.04. The molecule has 0 fully saturated rings. The monoisotopic (exact) mass is 359 g/mol. The Labute approximate surface area is 152 Å². The summed E-state index contributed by atoms with van der Waals surface area (Å²) in [5.74, 6) is 1.36. The van der Waals surface area contributed by atoms with E-state index >= 15 is 0 Å². The highest BCUT2D eigenvalue weighted by atomic mass is 16.5. The minimum atomic E-state index is -0.810. The van der Waals surface area contributed by atoms with Crippen molar-refractivity contribution in [2.75, 3.05) is 13.2 Å². The molecule has 2 heterocycles. The van der Waals surface area contributed by atoms with Crippen molar-refractivity contribution in [1.82, 2.24) is 9.55 Å². The van der Waals surface area contributed by atoms with Crippen molar-refractivity contribution in [2.45, 2.75) is 39.4 Å². The molecule has 3 aromatic rings. The van der Waals surface area contributed by atoms with E-state index in [1.165, 1.54) is 6.20 Å². The number of rotatable bonds is 7. The Balaban J connectivity index is 2.12. The Hall–Kier alpha value is -2.38. The van der Waals surface area contributed by atoms with Crippen LogP contribution in [0.3, 0.4) is 0 Å². The number of aryl methyl sites for hydroxylation is 1. The Morgan fingerprint density at radius 1 is 1.35 bits per heavy atom. The standard InChI is InChI=1S/C19H25N3O4/c1-5-25-12-16-20-13-11-22(24)14-7-6-8-15(17(14)18(13)21(16)4)26-10-9-19(2,3)23/h6-8,11,23H,5,9-10,12H2,1-4H3. The maximum atomic E-state index is 12.5. The molecular formula is C19H25N3O4. The lowest BCUT2D eigenvalue weighted by molar-refractivity contribution is -0.575. The number of imidazole rings is 1. The number of nitrogens with zero attached hydrogens (tertiary/aromatic N) is 3.